The maximum atomic E-state index is 5.80. The highest BCUT2D eigenvalue weighted by atomic mass is 16.5. The molecule has 0 aromatic rings. The van der Waals surface area contributed by atoms with Crippen molar-refractivity contribution in [3.63, 3.8) is 0 Å². The third-order valence-corrected chi connectivity index (χ3v) is 2.59. The van der Waals surface area contributed by atoms with Crippen molar-refractivity contribution in [1.82, 2.24) is 5.32 Å². The van der Waals surface area contributed by atoms with Crippen molar-refractivity contribution in [2.24, 2.45) is 10.8 Å². The van der Waals surface area contributed by atoms with Gasteiger partial charge < -0.3 is 10.1 Å². The van der Waals surface area contributed by atoms with Gasteiger partial charge in [0.05, 0.1) is 6.61 Å². The van der Waals surface area contributed by atoms with Gasteiger partial charge in [-0.3, -0.25) is 0 Å². The van der Waals surface area contributed by atoms with Crippen LogP contribution in [0.4, 0.5) is 0 Å². The van der Waals surface area contributed by atoms with Gasteiger partial charge in [0.15, 0.2) is 0 Å². The summed E-state index contributed by atoms with van der Waals surface area (Å²) in [4.78, 5) is 0. The van der Waals surface area contributed by atoms with Crippen LogP contribution < -0.4 is 5.32 Å². The summed E-state index contributed by atoms with van der Waals surface area (Å²) < 4.78 is 5.80. The Morgan fingerprint density at radius 3 is 1.82 bits per heavy atom. The van der Waals surface area contributed by atoms with Crippen LogP contribution in [0.2, 0.25) is 0 Å². The quantitative estimate of drug-likeness (QED) is 0.715. The van der Waals surface area contributed by atoms with Gasteiger partial charge in [-0.1, -0.05) is 34.6 Å². The van der Waals surface area contributed by atoms with Gasteiger partial charge in [-0.15, -0.1) is 0 Å². The van der Waals surface area contributed by atoms with Crippen molar-refractivity contribution in [2.45, 2.75) is 67.3 Å². The molecule has 0 aliphatic rings. The summed E-state index contributed by atoms with van der Waals surface area (Å²) in [6.45, 7) is 20.5. The molecule has 0 amide bonds. The number of hydrogen-bond donors (Lipinski definition) is 1. The molecule has 0 heterocycles. The standard InChI is InChI=1S/C15H33NO/c1-13(2,3)9-10-17-12-15(7,8)11-16-14(4,5)6/h16H,9-12H2,1-8H3. The molecule has 0 unspecified atom stereocenters. The average molecular weight is 243 g/mol. The van der Waals surface area contributed by atoms with Crippen LogP contribution in [0.5, 0.6) is 0 Å². The molecule has 0 atom stereocenters. The minimum Gasteiger partial charge on any atom is -0.381 e. The SMILES string of the molecule is CC(C)(C)CCOCC(C)(C)CNC(C)(C)C. The van der Waals surface area contributed by atoms with E-state index in [4.69, 9.17) is 4.74 Å². The molecule has 0 spiro atoms. The molecule has 0 rings (SSSR count). The van der Waals surface area contributed by atoms with E-state index in [1.54, 1.807) is 0 Å². The normalized spacial score (nSPS) is 14.1. The summed E-state index contributed by atoms with van der Waals surface area (Å²) in [5.74, 6) is 0. The number of hydrogen-bond acceptors (Lipinski definition) is 2. The Bertz CT molecular complexity index is 208. The molecular formula is C15H33NO. The molecule has 17 heavy (non-hydrogen) atoms. The van der Waals surface area contributed by atoms with Crippen LogP contribution >= 0.6 is 0 Å². The van der Waals surface area contributed by atoms with E-state index in [0.717, 1.165) is 26.2 Å². The van der Waals surface area contributed by atoms with Gasteiger partial charge in [-0.2, -0.15) is 0 Å². The molecule has 0 saturated heterocycles. The van der Waals surface area contributed by atoms with E-state index >= 15 is 0 Å². The van der Waals surface area contributed by atoms with Crippen LogP contribution in [0.3, 0.4) is 0 Å². The Kier molecular flexibility index (Phi) is 6.16. The number of nitrogens with one attached hydrogen (secondary N) is 1. The fourth-order valence-electron chi connectivity index (χ4n) is 1.28. The molecule has 0 saturated carbocycles. The summed E-state index contributed by atoms with van der Waals surface area (Å²) in [6, 6.07) is 0. The fraction of sp³-hybridized carbons (Fsp3) is 1.00. The Balaban J connectivity index is 3.79. The lowest BCUT2D eigenvalue weighted by Crippen LogP contribution is -2.43. The van der Waals surface area contributed by atoms with E-state index in [-0.39, 0.29) is 11.0 Å². The van der Waals surface area contributed by atoms with Crippen LogP contribution in [0.25, 0.3) is 0 Å². The van der Waals surface area contributed by atoms with Crippen molar-refractivity contribution in [3.8, 4) is 0 Å². The van der Waals surface area contributed by atoms with Gasteiger partial charge in [0.25, 0.3) is 0 Å². The number of rotatable bonds is 6. The second-order valence-corrected chi connectivity index (χ2v) is 8.13. The van der Waals surface area contributed by atoms with Gasteiger partial charge in [-0.25, -0.2) is 0 Å². The molecule has 0 aromatic carbocycles. The van der Waals surface area contributed by atoms with Crippen LogP contribution in [-0.4, -0.2) is 25.3 Å². The van der Waals surface area contributed by atoms with Gasteiger partial charge in [-0.05, 0) is 32.6 Å². The molecule has 0 bridgehead atoms. The smallest absolute Gasteiger partial charge is 0.0529 e. The predicted octanol–water partition coefficient (Wildman–Crippen LogP) is 3.85. The van der Waals surface area contributed by atoms with Crippen molar-refractivity contribution < 1.29 is 4.74 Å². The zero-order valence-electron chi connectivity index (χ0n) is 13.2. The lowest BCUT2D eigenvalue weighted by Gasteiger charge is -2.30. The Morgan fingerprint density at radius 2 is 1.41 bits per heavy atom. The van der Waals surface area contributed by atoms with Gasteiger partial charge in [0.1, 0.15) is 0 Å². The second kappa shape index (κ2) is 6.19. The third-order valence-electron chi connectivity index (χ3n) is 2.59. The summed E-state index contributed by atoms with van der Waals surface area (Å²) in [5, 5.41) is 3.54. The summed E-state index contributed by atoms with van der Waals surface area (Å²) in [7, 11) is 0. The molecule has 0 aromatic heterocycles. The minimum absolute atomic E-state index is 0.183. The van der Waals surface area contributed by atoms with Gasteiger partial charge >= 0.3 is 0 Å². The lowest BCUT2D eigenvalue weighted by atomic mass is 9.92. The molecule has 2 heteroatoms. The summed E-state index contributed by atoms with van der Waals surface area (Å²) in [5.41, 5.74) is 0.752. The molecule has 0 radical (unpaired) electrons. The first-order chi connectivity index (χ1) is 7.41. The summed E-state index contributed by atoms with van der Waals surface area (Å²) in [6.07, 6.45) is 1.12. The maximum absolute atomic E-state index is 5.80. The van der Waals surface area contributed by atoms with Crippen LogP contribution in [0.15, 0.2) is 0 Å². The third kappa shape index (κ3) is 12.2. The predicted molar refractivity (Wildman–Crippen MR) is 76.4 cm³/mol. The lowest BCUT2D eigenvalue weighted by molar-refractivity contribution is 0.0452. The monoisotopic (exact) mass is 243 g/mol. The van der Waals surface area contributed by atoms with Crippen molar-refractivity contribution in [1.29, 1.82) is 0 Å². The van der Waals surface area contributed by atoms with Gasteiger partial charge in [0, 0.05) is 24.1 Å². The first-order valence-electron chi connectivity index (χ1n) is 6.74. The molecule has 1 N–H and O–H groups in total. The van der Waals surface area contributed by atoms with Crippen molar-refractivity contribution in [3.05, 3.63) is 0 Å². The highest BCUT2D eigenvalue weighted by Crippen LogP contribution is 2.20. The number of ether oxygens (including phenoxy) is 1. The second-order valence-electron chi connectivity index (χ2n) is 8.13. The van der Waals surface area contributed by atoms with E-state index in [1.165, 1.54) is 0 Å². The largest absolute Gasteiger partial charge is 0.381 e. The van der Waals surface area contributed by atoms with Crippen molar-refractivity contribution >= 4 is 0 Å². The first-order valence-corrected chi connectivity index (χ1v) is 6.74. The molecular weight excluding hydrogens is 210 g/mol. The molecule has 104 valence electrons. The van der Waals surface area contributed by atoms with Crippen LogP contribution in [0, 0.1) is 10.8 Å². The first kappa shape index (κ1) is 16.9. The fourth-order valence-corrected chi connectivity index (χ4v) is 1.28. The van der Waals surface area contributed by atoms with Crippen molar-refractivity contribution in [2.75, 3.05) is 19.8 Å². The average Bonchev–Trinajstić information content (AvgIpc) is 2.07. The van der Waals surface area contributed by atoms with E-state index in [2.05, 4.69) is 60.7 Å². The maximum Gasteiger partial charge on any atom is 0.0529 e. The molecule has 0 aliphatic carbocycles. The van der Waals surface area contributed by atoms with E-state index in [0.29, 0.717) is 5.41 Å². The Hall–Kier alpha value is -0.0800. The zero-order chi connectivity index (χ0) is 13.7. The minimum atomic E-state index is 0.183. The Labute approximate surface area is 109 Å². The van der Waals surface area contributed by atoms with E-state index in [1.807, 2.05) is 0 Å². The van der Waals surface area contributed by atoms with E-state index in [9.17, 15) is 0 Å². The van der Waals surface area contributed by atoms with E-state index < -0.39 is 0 Å². The topological polar surface area (TPSA) is 21.3 Å². The molecule has 2 nitrogen and oxygen atoms in total. The Morgan fingerprint density at radius 1 is 0.882 bits per heavy atom. The van der Waals surface area contributed by atoms with Gasteiger partial charge in [0.2, 0.25) is 0 Å². The zero-order valence-corrected chi connectivity index (χ0v) is 13.2. The van der Waals surface area contributed by atoms with Crippen LogP contribution in [0.1, 0.15) is 61.8 Å². The highest BCUT2D eigenvalue weighted by Gasteiger charge is 2.21. The summed E-state index contributed by atoms with van der Waals surface area (Å²) >= 11 is 0. The molecule has 0 aliphatic heterocycles. The highest BCUT2D eigenvalue weighted by molar-refractivity contribution is 4.78. The molecule has 0 fully saturated rings. The van der Waals surface area contributed by atoms with Crippen LogP contribution in [-0.2, 0) is 4.74 Å².